The first-order valence-corrected chi connectivity index (χ1v) is 11.1. The van der Waals surface area contributed by atoms with Crippen molar-refractivity contribution in [1.82, 2.24) is 24.8 Å². The molecule has 3 aromatic rings. The molecule has 2 fully saturated rings. The second-order valence-electron chi connectivity index (χ2n) is 8.59. The van der Waals surface area contributed by atoms with E-state index in [-0.39, 0.29) is 5.91 Å². The van der Waals surface area contributed by atoms with Gasteiger partial charge in [0.05, 0.1) is 5.69 Å². The predicted molar refractivity (Wildman–Crippen MR) is 117 cm³/mol. The van der Waals surface area contributed by atoms with Gasteiger partial charge in [0, 0.05) is 17.6 Å². The van der Waals surface area contributed by atoms with Gasteiger partial charge in [-0.25, -0.2) is 15.0 Å². The Hall–Kier alpha value is -2.96. The maximum Gasteiger partial charge on any atom is 0.251 e. The van der Waals surface area contributed by atoms with Gasteiger partial charge in [0.15, 0.2) is 17.0 Å². The Balaban J connectivity index is 1.47. The molecular weight excluding hydrogens is 376 g/mol. The number of amides is 1. The number of aromatic nitrogens is 4. The minimum absolute atomic E-state index is 0.0199. The number of imidazole rings is 1. The number of benzene rings is 1. The van der Waals surface area contributed by atoms with Crippen molar-refractivity contribution in [3.05, 3.63) is 42.0 Å². The van der Waals surface area contributed by atoms with Crippen molar-refractivity contribution in [2.75, 3.05) is 5.32 Å². The van der Waals surface area contributed by atoms with Crippen molar-refractivity contribution in [2.45, 2.75) is 70.4 Å². The summed E-state index contributed by atoms with van der Waals surface area (Å²) < 4.78 is 1.96. The number of hydrogen-bond donors (Lipinski definition) is 2. The maximum atomic E-state index is 12.5. The molecule has 7 nitrogen and oxygen atoms in total. The van der Waals surface area contributed by atoms with E-state index >= 15 is 0 Å². The minimum atomic E-state index is -0.0199. The molecule has 0 spiro atoms. The van der Waals surface area contributed by atoms with Crippen molar-refractivity contribution in [3.63, 3.8) is 0 Å². The highest BCUT2D eigenvalue weighted by Crippen LogP contribution is 2.27. The summed E-state index contributed by atoms with van der Waals surface area (Å²) in [6.07, 6.45) is 13.0. The normalized spacial score (nSPS) is 17.6. The molecule has 30 heavy (non-hydrogen) atoms. The van der Waals surface area contributed by atoms with E-state index in [1.54, 1.807) is 12.7 Å². The smallest absolute Gasteiger partial charge is 0.251 e. The zero-order valence-corrected chi connectivity index (χ0v) is 17.4. The largest absolute Gasteiger partial charge is 0.365 e. The van der Waals surface area contributed by atoms with Crippen LogP contribution in [0.2, 0.25) is 0 Å². The predicted octanol–water partition coefficient (Wildman–Crippen LogP) is 4.15. The van der Waals surface area contributed by atoms with Crippen LogP contribution in [0.1, 0.15) is 67.3 Å². The molecule has 2 N–H and O–H groups in total. The highest BCUT2D eigenvalue weighted by molar-refractivity contribution is 5.95. The van der Waals surface area contributed by atoms with Crippen LogP contribution < -0.4 is 10.6 Å². The van der Waals surface area contributed by atoms with Crippen molar-refractivity contribution < 1.29 is 4.79 Å². The monoisotopic (exact) mass is 404 g/mol. The van der Waals surface area contributed by atoms with Gasteiger partial charge >= 0.3 is 0 Å². The number of aryl methyl sites for hydroxylation is 1. The first-order valence-electron chi connectivity index (χ1n) is 11.1. The molecule has 2 aliphatic carbocycles. The highest BCUT2D eigenvalue weighted by atomic mass is 16.1. The van der Waals surface area contributed by atoms with Crippen molar-refractivity contribution in [2.24, 2.45) is 0 Å². The van der Waals surface area contributed by atoms with Gasteiger partial charge in [-0.15, -0.1) is 0 Å². The fourth-order valence-corrected chi connectivity index (χ4v) is 4.24. The quantitative estimate of drug-likeness (QED) is 0.624. The van der Waals surface area contributed by atoms with Gasteiger partial charge < -0.3 is 10.6 Å². The van der Waals surface area contributed by atoms with E-state index in [1.165, 1.54) is 38.5 Å². The molecule has 0 atom stereocenters. The number of nitrogens with one attached hydrogen (secondary N) is 2. The first kappa shape index (κ1) is 19.0. The van der Waals surface area contributed by atoms with Gasteiger partial charge in [-0.05, 0) is 50.3 Å². The average molecular weight is 405 g/mol. The van der Waals surface area contributed by atoms with Gasteiger partial charge in [0.2, 0.25) is 0 Å². The number of anilines is 1. The average Bonchev–Trinajstić information content (AvgIpc) is 3.51. The second kappa shape index (κ2) is 8.05. The lowest BCUT2D eigenvalue weighted by Crippen LogP contribution is -2.25. The van der Waals surface area contributed by atoms with Crippen LogP contribution in [0.15, 0.2) is 30.9 Å². The zero-order valence-electron chi connectivity index (χ0n) is 17.4. The number of hydrogen-bond acceptors (Lipinski definition) is 5. The molecule has 0 saturated heterocycles. The third kappa shape index (κ3) is 3.88. The number of nitrogens with zero attached hydrogens (tertiary/aromatic N) is 4. The van der Waals surface area contributed by atoms with Crippen LogP contribution in [-0.4, -0.2) is 37.5 Å². The van der Waals surface area contributed by atoms with Crippen molar-refractivity contribution in [1.29, 1.82) is 0 Å². The molecule has 0 radical (unpaired) electrons. The summed E-state index contributed by atoms with van der Waals surface area (Å²) in [5.41, 5.74) is 4.17. The Morgan fingerprint density at radius 2 is 1.80 bits per heavy atom. The Bertz CT molecular complexity index is 1060. The maximum absolute atomic E-state index is 12.5. The summed E-state index contributed by atoms with van der Waals surface area (Å²) in [4.78, 5) is 26.2. The van der Waals surface area contributed by atoms with Gasteiger partial charge in [-0.1, -0.05) is 31.7 Å². The summed E-state index contributed by atoms with van der Waals surface area (Å²) in [7, 11) is 0. The summed E-state index contributed by atoms with van der Waals surface area (Å²) >= 11 is 0. The van der Waals surface area contributed by atoms with E-state index < -0.39 is 0 Å². The van der Waals surface area contributed by atoms with Gasteiger partial charge in [0.1, 0.15) is 12.7 Å². The van der Waals surface area contributed by atoms with Crippen LogP contribution >= 0.6 is 0 Å². The van der Waals surface area contributed by atoms with E-state index in [0.717, 1.165) is 41.1 Å². The lowest BCUT2D eigenvalue weighted by Gasteiger charge is -2.17. The molecule has 0 bridgehead atoms. The van der Waals surface area contributed by atoms with Crippen LogP contribution in [0, 0.1) is 6.92 Å². The number of carbonyl (C=O) groups excluding carboxylic acids is 1. The van der Waals surface area contributed by atoms with Crippen LogP contribution in [-0.2, 0) is 0 Å². The molecule has 2 aliphatic rings. The molecular formula is C23H28N6O. The van der Waals surface area contributed by atoms with Gasteiger partial charge in [-0.2, -0.15) is 0 Å². The molecule has 0 aliphatic heterocycles. The molecule has 2 aromatic heterocycles. The minimum Gasteiger partial charge on any atom is -0.365 e. The van der Waals surface area contributed by atoms with Crippen LogP contribution in [0.4, 0.5) is 5.82 Å². The van der Waals surface area contributed by atoms with Crippen LogP contribution in [0.25, 0.3) is 16.9 Å². The topological polar surface area (TPSA) is 84.7 Å². The van der Waals surface area contributed by atoms with Crippen LogP contribution in [0.3, 0.4) is 0 Å². The lowest BCUT2D eigenvalue weighted by atomic mass is 10.1. The Kier molecular flexibility index (Phi) is 5.11. The number of rotatable bonds is 5. The summed E-state index contributed by atoms with van der Waals surface area (Å²) in [6.45, 7) is 2.04. The lowest BCUT2D eigenvalue weighted by molar-refractivity contribution is 0.0951. The molecule has 5 rings (SSSR count). The standard InChI is InChI=1S/C23H28N6O/c1-15-8-9-16(23(30)28-18-10-11-18)12-19(15)29-14-26-20-21(24-13-25-22(20)29)27-17-6-4-2-3-5-7-17/h8-9,12-14,17-18H,2-7,10-11H2,1H3,(H,28,30)(H,24,25,27). The number of carbonyl (C=O) groups is 1. The van der Waals surface area contributed by atoms with Gasteiger partial charge in [-0.3, -0.25) is 9.36 Å². The molecule has 0 unspecified atom stereocenters. The highest BCUT2D eigenvalue weighted by Gasteiger charge is 2.24. The van der Waals surface area contributed by atoms with E-state index in [0.29, 0.717) is 17.6 Å². The third-order valence-electron chi connectivity index (χ3n) is 6.17. The summed E-state index contributed by atoms with van der Waals surface area (Å²) in [5, 5.41) is 6.67. The van der Waals surface area contributed by atoms with E-state index in [9.17, 15) is 4.79 Å². The molecule has 2 saturated carbocycles. The molecule has 156 valence electrons. The van der Waals surface area contributed by atoms with E-state index in [2.05, 4.69) is 25.6 Å². The Morgan fingerprint density at radius 1 is 1.00 bits per heavy atom. The molecule has 2 heterocycles. The zero-order chi connectivity index (χ0) is 20.5. The van der Waals surface area contributed by atoms with Crippen molar-refractivity contribution >= 4 is 22.9 Å². The number of fused-ring (bicyclic) bond motifs is 1. The van der Waals surface area contributed by atoms with Gasteiger partial charge in [0.25, 0.3) is 5.91 Å². The van der Waals surface area contributed by atoms with Crippen molar-refractivity contribution in [3.8, 4) is 5.69 Å². The first-order chi connectivity index (χ1) is 14.7. The van der Waals surface area contributed by atoms with E-state index in [4.69, 9.17) is 0 Å². The molecule has 1 amide bonds. The van der Waals surface area contributed by atoms with E-state index in [1.807, 2.05) is 29.7 Å². The molecule has 1 aromatic carbocycles. The second-order valence-corrected chi connectivity index (χ2v) is 8.59. The summed E-state index contributed by atoms with van der Waals surface area (Å²) in [5.74, 6) is 0.777. The fourth-order valence-electron chi connectivity index (χ4n) is 4.24. The fraction of sp³-hybridized carbons (Fsp3) is 0.478. The molecule has 7 heteroatoms. The third-order valence-corrected chi connectivity index (χ3v) is 6.17. The summed E-state index contributed by atoms with van der Waals surface area (Å²) in [6, 6.07) is 6.56. The Morgan fingerprint density at radius 3 is 2.57 bits per heavy atom. The van der Waals surface area contributed by atoms with Crippen LogP contribution in [0.5, 0.6) is 0 Å². The Labute approximate surface area is 176 Å². The SMILES string of the molecule is Cc1ccc(C(=O)NC2CC2)cc1-n1cnc2c(NC3CCCCCC3)ncnc21.